The molecule has 0 saturated carbocycles. The van der Waals surface area contributed by atoms with E-state index in [4.69, 9.17) is 0 Å². The quantitative estimate of drug-likeness (QED) is 0.699. The van der Waals surface area contributed by atoms with Crippen LogP contribution in [0.1, 0.15) is 26.3 Å². The predicted molar refractivity (Wildman–Crippen MR) is 93.4 cm³/mol. The van der Waals surface area contributed by atoms with Crippen molar-refractivity contribution in [1.29, 1.82) is 0 Å². The molecule has 8 heteroatoms. The van der Waals surface area contributed by atoms with Crippen molar-refractivity contribution in [3.63, 3.8) is 0 Å². The fourth-order valence-corrected chi connectivity index (χ4v) is 2.45. The van der Waals surface area contributed by atoms with Crippen LogP contribution in [0.2, 0.25) is 0 Å². The molecule has 1 amide bonds. The Hall–Kier alpha value is -3.55. The Morgan fingerprint density at radius 2 is 1.89 bits per heavy atom. The number of halogens is 2. The number of anilines is 1. The van der Waals surface area contributed by atoms with Crippen molar-refractivity contribution in [1.82, 2.24) is 9.78 Å². The number of esters is 1. The molecule has 0 radical (unpaired) electrons. The van der Waals surface area contributed by atoms with Crippen molar-refractivity contribution in [2.45, 2.75) is 6.54 Å². The summed E-state index contributed by atoms with van der Waals surface area (Å²) in [4.78, 5) is 23.8. The summed E-state index contributed by atoms with van der Waals surface area (Å²) < 4.78 is 33.8. The maximum atomic E-state index is 13.9. The molecule has 0 aliphatic heterocycles. The normalized spacial score (nSPS) is 10.5. The fraction of sp³-hybridized carbons (Fsp3) is 0.105. The lowest BCUT2D eigenvalue weighted by Gasteiger charge is -2.10. The highest BCUT2D eigenvalue weighted by molar-refractivity contribution is 6.05. The zero-order valence-corrected chi connectivity index (χ0v) is 14.3. The summed E-state index contributed by atoms with van der Waals surface area (Å²) in [7, 11) is 1.08. The number of nitrogens with zero attached hydrogens (tertiary/aromatic N) is 2. The predicted octanol–water partition coefficient (Wildman–Crippen LogP) is 3.25. The summed E-state index contributed by atoms with van der Waals surface area (Å²) in [5.74, 6) is -3.63. The highest BCUT2D eigenvalue weighted by Crippen LogP contribution is 2.21. The first-order valence-electron chi connectivity index (χ1n) is 7.93. The molecule has 0 unspecified atom stereocenters. The molecule has 0 aliphatic rings. The van der Waals surface area contributed by atoms with Crippen molar-refractivity contribution >= 4 is 17.6 Å². The zero-order valence-electron chi connectivity index (χ0n) is 14.3. The van der Waals surface area contributed by atoms with Gasteiger partial charge in [0.25, 0.3) is 5.91 Å². The first kappa shape index (κ1) is 18.2. The number of nitrogens with one attached hydrogen (secondary N) is 1. The maximum Gasteiger partial charge on any atom is 0.340 e. The van der Waals surface area contributed by atoms with Gasteiger partial charge < -0.3 is 10.1 Å². The molecule has 3 rings (SSSR count). The van der Waals surface area contributed by atoms with Crippen molar-refractivity contribution in [3.05, 3.63) is 83.2 Å². The molecule has 0 fully saturated rings. The third-order valence-electron chi connectivity index (χ3n) is 3.83. The van der Waals surface area contributed by atoms with Gasteiger partial charge in [-0.1, -0.05) is 12.1 Å². The van der Waals surface area contributed by atoms with E-state index in [1.807, 2.05) is 12.3 Å². The molecule has 0 bridgehead atoms. The van der Waals surface area contributed by atoms with Crippen LogP contribution in [0.3, 0.4) is 0 Å². The number of amides is 1. The summed E-state index contributed by atoms with van der Waals surface area (Å²) in [5.41, 5.74) is 0.421. The molecule has 6 nitrogen and oxygen atoms in total. The Kier molecular flexibility index (Phi) is 5.25. The van der Waals surface area contributed by atoms with Crippen LogP contribution in [0, 0.1) is 11.6 Å². The van der Waals surface area contributed by atoms with E-state index in [9.17, 15) is 18.4 Å². The number of benzene rings is 2. The molecular formula is C19H15F2N3O3. The van der Waals surface area contributed by atoms with E-state index < -0.39 is 29.1 Å². The molecule has 138 valence electrons. The molecule has 0 aliphatic carbocycles. The molecule has 3 aromatic rings. The van der Waals surface area contributed by atoms with Crippen LogP contribution in [0.25, 0.3) is 0 Å². The van der Waals surface area contributed by atoms with Gasteiger partial charge in [-0.15, -0.1) is 0 Å². The Bertz CT molecular complexity index is 971. The Morgan fingerprint density at radius 1 is 1.15 bits per heavy atom. The summed E-state index contributed by atoms with van der Waals surface area (Å²) in [6.45, 7) is 0.546. The molecule has 27 heavy (non-hydrogen) atoms. The number of aromatic nitrogens is 2. The number of carbonyl (C=O) groups is 2. The average molecular weight is 371 g/mol. The molecule has 0 spiro atoms. The van der Waals surface area contributed by atoms with E-state index in [1.165, 1.54) is 0 Å². The van der Waals surface area contributed by atoms with E-state index in [0.717, 1.165) is 18.7 Å². The number of carbonyl (C=O) groups excluding carboxylic acids is 2. The topological polar surface area (TPSA) is 73.2 Å². The minimum absolute atomic E-state index is 0.280. The van der Waals surface area contributed by atoms with Crippen molar-refractivity contribution in [2.24, 2.45) is 0 Å². The van der Waals surface area contributed by atoms with Crippen LogP contribution in [-0.4, -0.2) is 28.8 Å². The zero-order chi connectivity index (χ0) is 19.4. The van der Waals surface area contributed by atoms with E-state index in [1.54, 1.807) is 35.1 Å². The average Bonchev–Trinajstić information content (AvgIpc) is 3.17. The summed E-state index contributed by atoms with van der Waals surface area (Å²) >= 11 is 0. The first-order chi connectivity index (χ1) is 13.0. The summed E-state index contributed by atoms with van der Waals surface area (Å²) in [6, 6.07) is 9.89. The van der Waals surface area contributed by atoms with Gasteiger partial charge in [0, 0.05) is 24.0 Å². The summed E-state index contributed by atoms with van der Waals surface area (Å²) in [5, 5.41) is 6.43. The van der Waals surface area contributed by atoms with Gasteiger partial charge in [0.1, 0.15) is 11.6 Å². The van der Waals surface area contributed by atoms with Crippen LogP contribution in [0.15, 0.2) is 54.9 Å². The van der Waals surface area contributed by atoms with E-state index in [0.29, 0.717) is 12.6 Å². The Balaban J connectivity index is 1.76. The lowest BCUT2D eigenvalue weighted by Crippen LogP contribution is -2.15. The standard InChI is InChI=1S/C19H15F2N3O3/c1-27-19(26)14-9-17(16(21)10-15(14)20)23-18(25)13-5-3-12(4-6-13)11-24-8-2-7-22-24/h2-10H,11H2,1H3,(H,23,25). The van der Waals surface area contributed by atoms with Gasteiger partial charge in [0.2, 0.25) is 0 Å². The van der Waals surface area contributed by atoms with E-state index in [2.05, 4.69) is 15.2 Å². The van der Waals surface area contributed by atoms with E-state index >= 15 is 0 Å². The first-order valence-corrected chi connectivity index (χ1v) is 7.93. The molecule has 1 aromatic heterocycles. The monoisotopic (exact) mass is 371 g/mol. The minimum Gasteiger partial charge on any atom is -0.465 e. The van der Waals surface area contributed by atoms with Gasteiger partial charge in [-0.3, -0.25) is 9.48 Å². The lowest BCUT2D eigenvalue weighted by molar-refractivity contribution is 0.0595. The SMILES string of the molecule is COC(=O)c1cc(NC(=O)c2ccc(Cn3cccn3)cc2)c(F)cc1F. The van der Waals surface area contributed by atoms with Crippen molar-refractivity contribution in [3.8, 4) is 0 Å². The maximum absolute atomic E-state index is 13.9. The molecule has 0 atom stereocenters. The molecule has 2 aromatic carbocycles. The second-order valence-corrected chi connectivity index (χ2v) is 5.66. The number of hydrogen-bond donors (Lipinski definition) is 1. The highest BCUT2D eigenvalue weighted by atomic mass is 19.1. The van der Waals surface area contributed by atoms with Crippen LogP contribution in [-0.2, 0) is 11.3 Å². The van der Waals surface area contributed by atoms with Gasteiger partial charge >= 0.3 is 5.97 Å². The second kappa shape index (κ2) is 7.77. The minimum atomic E-state index is -1.07. The lowest BCUT2D eigenvalue weighted by atomic mass is 10.1. The number of methoxy groups -OCH3 is 1. The Labute approximate surface area is 153 Å². The third-order valence-corrected chi connectivity index (χ3v) is 3.83. The highest BCUT2D eigenvalue weighted by Gasteiger charge is 2.18. The van der Waals surface area contributed by atoms with Crippen molar-refractivity contribution < 1.29 is 23.1 Å². The van der Waals surface area contributed by atoms with E-state index in [-0.39, 0.29) is 11.3 Å². The third kappa shape index (κ3) is 4.17. The van der Waals surface area contributed by atoms with Gasteiger partial charge in [-0.05, 0) is 29.8 Å². The van der Waals surface area contributed by atoms with Gasteiger partial charge in [0.05, 0.1) is 24.9 Å². The fourth-order valence-electron chi connectivity index (χ4n) is 2.45. The molecule has 0 saturated heterocycles. The smallest absolute Gasteiger partial charge is 0.340 e. The van der Waals surface area contributed by atoms with Crippen LogP contribution in [0.4, 0.5) is 14.5 Å². The van der Waals surface area contributed by atoms with Gasteiger partial charge in [-0.25, -0.2) is 13.6 Å². The van der Waals surface area contributed by atoms with Crippen LogP contribution >= 0.6 is 0 Å². The number of rotatable bonds is 5. The van der Waals surface area contributed by atoms with Gasteiger partial charge in [0.15, 0.2) is 0 Å². The molecule has 1 heterocycles. The molecular weight excluding hydrogens is 356 g/mol. The number of ether oxygens (including phenoxy) is 1. The second-order valence-electron chi connectivity index (χ2n) is 5.66. The molecule has 1 N–H and O–H groups in total. The van der Waals surface area contributed by atoms with Gasteiger partial charge in [-0.2, -0.15) is 5.10 Å². The van der Waals surface area contributed by atoms with Crippen LogP contribution < -0.4 is 5.32 Å². The van der Waals surface area contributed by atoms with Crippen molar-refractivity contribution in [2.75, 3.05) is 12.4 Å². The number of hydrogen-bond acceptors (Lipinski definition) is 4. The largest absolute Gasteiger partial charge is 0.465 e. The summed E-state index contributed by atoms with van der Waals surface area (Å²) in [6.07, 6.45) is 3.48. The Morgan fingerprint density at radius 3 is 2.52 bits per heavy atom. The van der Waals surface area contributed by atoms with Crippen LogP contribution in [0.5, 0.6) is 0 Å².